The zero-order chi connectivity index (χ0) is 17.2. The summed E-state index contributed by atoms with van der Waals surface area (Å²) in [5.74, 6) is -3.07. The Morgan fingerprint density at radius 2 is 1.87 bits per heavy atom. The number of aliphatic hydroxyl groups excluding tert-OH is 2. The van der Waals surface area contributed by atoms with Crippen LogP contribution in [-0.4, -0.2) is 69.9 Å². The van der Waals surface area contributed by atoms with Crippen LogP contribution in [0.3, 0.4) is 0 Å². The van der Waals surface area contributed by atoms with E-state index in [1.54, 1.807) is 27.7 Å². The van der Waals surface area contributed by atoms with Crippen LogP contribution in [-0.2, 0) is 18.9 Å². The maximum Gasteiger partial charge on any atom is 0.249 e. The van der Waals surface area contributed by atoms with Crippen molar-refractivity contribution in [2.24, 2.45) is 5.92 Å². The highest BCUT2D eigenvalue weighted by Gasteiger charge is 2.72. The van der Waals surface area contributed by atoms with Crippen LogP contribution in [0.4, 0.5) is 0 Å². The fourth-order valence-electron chi connectivity index (χ4n) is 3.95. The molecule has 3 aliphatic rings. The smallest absolute Gasteiger partial charge is 0.249 e. The topological polar surface area (TPSA) is 121 Å². The maximum absolute atomic E-state index is 11.5. The Morgan fingerprint density at radius 1 is 1.22 bits per heavy atom. The summed E-state index contributed by atoms with van der Waals surface area (Å²) >= 11 is 0. The molecule has 1 spiro atoms. The van der Waals surface area contributed by atoms with E-state index in [1.165, 1.54) is 0 Å². The van der Waals surface area contributed by atoms with E-state index in [9.17, 15) is 20.3 Å². The number of hydrogen-bond acceptors (Lipinski definition) is 8. The van der Waals surface area contributed by atoms with E-state index in [0.717, 1.165) is 0 Å². The quantitative estimate of drug-likeness (QED) is 0.520. The lowest BCUT2D eigenvalue weighted by Gasteiger charge is -2.47. The molecule has 0 bridgehead atoms. The lowest BCUT2D eigenvalue weighted by atomic mass is 9.70. The van der Waals surface area contributed by atoms with Crippen molar-refractivity contribution in [2.75, 3.05) is 13.2 Å². The zero-order valence-electron chi connectivity index (χ0n) is 13.6. The van der Waals surface area contributed by atoms with Crippen molar-refractivity contribution in [3.8, 4) is 0 Å². The molecule has 0 aromatic carbocycles. The van der Waals surface area contributed by atoms with Crippen molar-refractivity contribution in [3.05, 3.63) is 10.1 Å². The Bertz CT molecular complexity index is 509. The maximum atomic E-state index is 11.5. The number of nitro groups is 1. The Hall–Kier alpha value is -0.840. The molecule has 0 aromatic rings. The molecule has 2 heterocycles. The molecule has 9 heteroatoms. The van der Waals surface area contributed by atoms with Gasteiger partial charge in [-0.25, -0.2) is 0 Å². The lowest BCUT2D eigenvalue weighted by molar-refractivity contribution is -0.556. The highest BCUT2D eigenvalue weighted by molar-refractivity contribution is 5.14. The van der Waals surface area contributed by atoms with Crippen LogP contribution in [0.2, 0.25) is 0 Å². The highest BCUT2D eigenvalue weighted by Crippen LogP contribution is 2.50. The van der Waals surface area contributed by atoms with Gasteiger partial charge in [0.05, 0.1) is 25.2 Å². The molecular formula is C14H23NO8. The molecule has 3 rings (SSSR count). The van der Waals surface area contributed by atoms with Crippen molar-refractivity contribution in [1.29, 1.82) is 0 Å². The molecule has 2 aliphatic heterocycles. The summed E-state index contributed by atoms with van der Waals surface area (Å²) in [6.07, 6.45) is -3.13. The molecule has 23 heavy (non-hydrogen) atoms. The van der Waals surface area contributed by atoms with Gasteiger partial charge in [-0.1, -0.05) is 0 Å². The summed E-state index contributed by atoms with van der Waals surface area (Å²) in [7, 11) is 0. The third kappa shape index (κ3) is 2.46. The van der Waals surface area contributed by atoms with Gasteiger partial charge in [0.2, 0.25) is 6.04 Å². The van der Waals surface area contributed by atoms with Gasteiger partial charge in [-0.3, -0.25) is 10.1 Å². The van der Waals surface area contributed by atoms with Crippen LogP contribution in [0.5, 0.6) is 0 Å². The summed E-state index contributed by atoms with van der Waals surface area (Å²) in [5, 5.41) is 32.0. The van der Waals surface area contributed by atoms with Crippen molar-refractivity contribution in [2.45, 2.75) is 69.2 Å². The van der Waals surface area contributed by atoms with Gasteiger partial charge in [0.15, 0.2) is 23.3 Å². The first-order chi connectivity index (χ1) is 10.5. The lowest BCUT2D eigenvalue weighted by Crippen LogP contribution is -2.71. The van der Waals surface area contributed by atoms with Gasteiger partial charge in [0.1, 0.15) is 6.10 Å². The first-order valence-corrected chi connectivity index (χ1v) is 7.65. The molecule has 2 saturated heterocycles. The highest BCUT2D eigenvalue weighted by atomic mass is 16.8. The molecule has 132 valence electrons. The fourth-order valence-corrected chi connectivity index (χ4v) is 3.95. The second-order valence-electron chi connectivity index (χ2n) is 7.33. The molecule has 3 fully saturated rings. The third-order valence-corrected chi connectivity index (χ3v) is 4.83. The average Bonchev–Trinajstić information content (AvgIpc) is 2.91. The summed E-state index contributed by atoms with van der Waals surface area (Å²) in [5.41, 5.74) is -1.32. The van der Waals surface area contributed by atoms with E-state index in [2.05, 4.69) is 0 Å². The van der Waals surface area contributed by atoms with E-state index in [1.807, 2.05) is 0 Å². The number of fused-ring (bicyclic) bond motifs is 2. The van der Waals surface area contributed by atoms with Crippen molar-refractivity contribution >= 4 is 0 Å². The van der Waals surface area contributed by atoms with Gasteiger partial charge in [-0.05, 0) is 27.7 Å². The van der Waals surface area contributed by atoms with Gasteiger partial charge in [0.25, 0.3) is 0 Å². The molecule has 9 nitrogen and oxygen atoms in total. The van der Waals surface area contributed by atoms with Crippen molar-refractivity contribution < 1.29 is 34.1 Å². The molecule has 2 N–H and O–H groups in total. The van der Waals surface area contributed by atoms with Crippen LogP contribution in [0.15, 0.2) is 0 Å². The van der Waals surface area contributed by atoms with Gasteiger partial charge < -0.3 is 29.2 Å². The number of rotatable bonds is 2. The molecular weight excluding hydrogens is 310 g/mol. The van der Waals surface area contributed by atoms with Crippen LogP contribution in [0.1, 0.15) is 27.7 Å². The fraction of sp³-hybridized carbons (Fsp3) is 1.00. The standard InChI is InChI=1S/C14H23NO8/c1-12(2)20-6-14(23-12)10(17)7(5-16)8(15(18)19)9-11(14)22-13(3,4)21-9/h7-11,16-17H,5-6H2,1-4H3/t7-,8+,9+,10-,11+,14+/m0/s1. The molecule has 0 unspecified atom stereocenters. The molecule has 6 atom stereocenters. The van der Waals surface area contributed by atoms with Crippen LogP contribution < -0.4 is 0 Å². The Labute approximate surface area is 133 Å². The SMILES string of the molecule is CC1(C)O[C@@H]2[C@H]([N+](=O)[O-])[C@H](CO)[C@H](O)[C@]3(COC(C)(C)O3)[C@@H]2O1. The Kier molecular flexibility index (Phi) is 3.75. The molecule has 0 amide bonds. The molecule has 0 aromatic heterocycles. The number of ether oxygens (including phenoxy) is 4. The van der Waals surface area contributed by atoms with Crippen LogP contribution in [0.25, 0.3) is 0 Å². The summed E-state index contributed by atoms with van der Waals surface area (Å²) in [6, 6.07) is -1.29. The average molecular weight is 333 g/mol. The van der Waals surface area contributed by atoms with E-state index in [-0.39, 0.29) is 6.61 Å². The zero-order valence-corrected chi connectivity index (χ0v) is 13.6. The van der Waals surface area contributed by atoms with E-state index in [0.29, 0.717) is 0 Å². The van der Waals surface area contributed by atoms with Gasteiger partial charge in [0, 0.05) is 4.92 Å². The number of nitrogens with zero attached hydrogens (tertiary/aromatic N) is 1. The number of hydrogen-bond donors (Lipinski definition) is 2. The predicted molar refractivity (Wildman–Crippen MR) is 75.0 cm³/mol. The van der Waals surface area contributed by atoms with Crippen LogP contribution in [0, 0.1) is 16.0 Å². The van der Waals surface area contributed by atoms with E-state index < -0.39 is 59.0 Å². The molecule has 1 aliphatic carbocycles. The Balaban J connectivity index is 2.06. The summed E-state index contributed by atoms with van der Waals surface area (Å²) in [4.78, 5) is 11.0. The molecule has 1 saturated carbocycles. The monoisotopic (exact) mass is 333 g/mol. The minimum absolute atomic E-state index is 0.00269. The van der Waals surface area contributed by atoms with Gasteiger partial charge in [-0.2, -0.15) is 0 Å². The first kappa shape index (κ1) is 17.0. The third-order valence-electron chi connectivity index (χ3n) is 4.83. The summed E-state index contributed by atoms with van der Waals surface area (Å²) in [6.45, 7) is 6.12. The second kappa shape index (κ2) is 5.08. The molecule has 0 radical (unpaired) electrons. The van der Waals surface area contributed by atoms with Gasteiger partial charge >= 0.3 is 0 Å². The van der Waals surface area contributed by atoms with E-state index >= 15 is 0 Å². The normalized spacial score (nSPS) is 47.7. The number of aliphatic hydroxyl groups is 2. The second-order valence-corrected chi connectivity index (χ2v) is 7.33. The minimum atomic E-state index is -1.32. The van der Waals surface area contributed by atoms with E-state index in [4.69, 9.17) is 18.9 Å². The predicted octanol–water partition coefficient (Wildman–Crippen LogP) is -0.344. The van der Waals surface area contributed by atoms with Crippen LogP contribution >= 0.6 is 0 Å². The van der Waals surface area contributed by atoms with Crippen molar-refractivity contribution in [1.82, 2.24) is 0 Å². The summed E-state index contributed by atoms with van der Waals surface area (Å²) < 4.78 is 23.1. The minimum Gasteiger partial charge on any atom is -0.396 e. The van der Waals surface area contributed by atoms with Gasteiger partial charge in [-0.15, -0.1) is 0 Å². The first-order valence-electron chi connectivity index (χ1n) is 7.65. The largest absolute Gasteiger partial charge is 0.396 e. The Morgan fingerprint density at radius 3 is 2.35 bits per heavy atom. The van der Waals surface area contributed by atoms with Crippen molar-refractivity contribution in [3.63, 3.8) is 0 Å².